The van der Waals surface area contributed by atoms with Gasteiger partial charge in [-0.15, -0.1) is 0 Å². The Hall–Kier alpha value is -1.46. The molecule has 1 aliphatic carbocycles. The van der Waals surface area contributed by atoms with Gasteiger partial charge in [-0.1, -0.05) is 36.0 Å². The Bertz CT molecular complexity index is 542. The van der Waals surface area contributed by atoms with E-state index in [0.717, 1.165) is 12.8 Å². The highest BCUT2D eigenvalue weighted by Gasteiger charge is 2.42. The van der Waals surface area contributed by atoms with Crippen LogP contribution in [-0.2, 0) is 4.79 Å². The lowest BCUT2D eigenvalue weighted by Crippen LogP contribution is -2.53. The van der Waals surface area contributed by atoms with Crippen molar-refractivity contribution in [2.24, 2.45) is 0 Å². The van der Waals surface area contributed by atoms with Crippen molar-refractivity contribution in [3.63, 3.8) is 0 Å². The molecule has 2 rings (SSSR count). The highest BCUT2D eigenvalue weighted by molar-refractivity contribution is 6.36. The van der Waals surface area contributed by atoms with Crippen molar-refractivity contribution >= 4 is 40.9 Å². The number of benzene rings is 1. The van der Waals surface area contributed by atoms with Crippen LogP contribution in [0.1, 0.15) is 25.7 Å². The van der Waals surface area contributed by atoms with Gasteiger partial charge in [-0.2, -0.15) is 0 Å². The van der Waals surface area contributed by atoms with Gasteiger partial charge in [0.25, 0.3) is 0 Å². The summed E-state index contributed by atoms with van der Waals surface area (Å²) in [5.41, 5.74) is -0.796. The molecule has 5 nitrogen and oxygen atoms in total. The molecule has 108 valence electrons. The molecular formula is C13H14Cl2N2O3. The third kappa shape index (κ3) is 3.16. The Balaban J connectivity index is 2.07. The molecule has 2 amide bonds. The van der Waals surface area contributed by atoms with Crippen LogP contribution in [0, 0.1) is 0 Å². The number of urea groups is 1. The van der Waals surface area contributed by atoms with Crippen LogP contribution in [0.25, 0.3) is 0 Å². The molecule has 0 saturated heterocycles. The molecule has 20 heavy (non-hydrogen) atoms. The van der Waals surface area contributed by atoms with Gasteiger partial charge in [-0.3, -0.25) is 0 Å². The van der Waals surface area contributed by atoms with E-state index in [9.17, 15) is 14.7 Å². The van der Waals surface area contributed by atoms with E-state index in [1.54, 1.807) is 12.1 Å². The molecule has 0 spiro atoms. The predicted molar refractivity (Wildman–Crippen MR) is 77.5 cm³/mol. The molecular weight excluding hydrogens is 303 g/mol. The molecule has 1 fully saturated rings. The van der Waals surface area contributed by atoms with Gasteiger partial charge in [-0.25, -0.2) is 9.59 Å². The Labute approximate surface area is 126 Å². The molecule has 1 aliphatic rings. The molecule has 0 atom stereocenters. The zero-order chi connectivity index (χ0) is 14.8. The van der Waals surface area contributed by atoms with E-state index in [1.807, 2.05) is 0 Å². The average molecular weight is 317 g/mol. The van der Waals surface area contributed by atoms with Crippen LogP contribution in [0.5, 0.6) is 0 Å². The van der Waals surface area contributed by atoms with Gasteiger partial charge in [0.05, 0.1) is 10.7 Å². The number of carboxylic acids is 1. The first-order chi connectivity index (χ1) is 9.43. The Morgan fingerprint density at radius 2 is 1.85 bits per heavy atom. The third-order valence-corrected chi connectivity index (χ3v) is 3.95. The van der Waals surface area contributed by atoms with Gasteiger partial charge < -0.3 is 15.7 Å². The maximum absolute atomic E-state index is 11.9. The van der Waals surface area contributed by atoms with Crippen molar-refractivity contribution in [3.8, 4) is 0 Å². The van der Waals surface area contributed by atoms with E-state index in [4.69, 9.17) is 23.2 Å². The number of nitrogens with one attached hydrogen (secondary N) is 2. The molecule has 1 aromatic rings. The van der Waals surface area contributed by atoms with E-state index in [2.05, 4.69) is 10.6 Å². The Morgan fingerprint density at radius 3 is 2.40 bits per heavy atom. The SMILES string of the molecule is O=C(Nc1ccc(Cl)cc1Cl)NC1(C(=O)O)CCCC1. The van der Waals surface area contributed by atoms with Crippen molar-refractivity contribution < 1.29 is 14.7 Å². The van der Waals surface area contributed by atoms with Crippen LogP contribution >= 0.6 is 23.2 Å². The fourth-order valence-corrected chi connectivity index (χ4v) is 2.79. The quantitative estimate of drug-likeness (QED) is 0.798. The van der Waals surface area contributed by atoms with Crippen molar-refractivity contribution in [1.82, 2.24) is 5.32 Å². The summed E-state index contributed by atoms with van der Waals surface area (Å²) in [6, 6.07) is 4.07. The van der Waals surface area contributed by atoms with E-state index >= 15 is 0 Å². The fraction of sp³-hybridized carbons (Fsp3) is 0.385. The zero-order valence-corrected chi connectivity index (χ0v) is 12.1. The summed E-state index contributed by atoms with van der Waals surface area (Å²) in [4.78, 5) is 23.3. The molecule has 3 N–H and O–H groups in total. The average Bonchev–Trinajstić information content (AvgIpc) is 2.82. The first kappa shape index (κ1) is 14.9. The Morgan fingerprint density at radius 1 is 1.20 bits per heavy atom. The fourth-order valence-electron chi connectivity index (χ4n) is 2.33. The van der Waals surface area contributed by atoms with Gasteiger partial charge in [0.2, 0.25) is 0 Å². The van der Waals surface area contributed by atoms with Crippen molar-refractivity contribution in [2.45, 2.75) is 31.2 Å². The summed E-state index contributed by atoms with van der Waals surface area (Å²) < 4.78 is 0. The number of hydrogen-bond donors (Lipinski definition) is 3. The number of carbonyl (C=O) groups excluding carboxylic acids is 1. The summed E-state index contributed by atoms with van der Waals surface area (Å²) in [6.45, 7) is 0. The number of carboxylic acid groups (broad SMARTS) is 1. The summed E-state index contributed by atoms with van der Waals surface area (Å²) in [5.74, 6) is -1.01. The maximum Gasteiger partial charge on any atom is 0.329 e. The maximum atomic E-state index is 11.9. The van der Waals surface area contributed by atoms with E-state index < -0.39 is 17.5 Å². The lowest BCUT2D eigenvalue weighted by Gasteiger charge is -2.25. The van der Waals surface area contributed by atoms with Gasteiger partial charge in [0, 0.05) is 5.02 Å². The van der Waals surface area contributed by atoms with Crippen LogP contribution < -0.4 is 10.6 Å². The van der Waals surface area contributed by atoms with Crippen LogP contribution in [0.15, 0.2) is 18.2 Å². The van der Waals surface area contributed by atoms with Crippen molar-refractivity contribution in [1.29, 1.82) is 0 Å². The minimum absolute atomic E-state index is 0.295. The van der Waals surface area contributed by atoms with Gasteiger partial charge in [-0.05, 0) is 31.0 Å². The molecule has 0 bridgehead atoms. The second-order valence-electron chi connectivity index (χ2n) is 4.80. The summed E-state index contributed by atoms with van der Waals surface area (Å²) >= 11 is 11.7. The molecule has 0 heterocycles. The zero-order valence-electron chi connectivity index (χ0n) is 10.6. The van der Waals surface area contributed by atoms with E-state index in [0.29, 0.717) is 28.6 Å². The highest BCUT2D eigenvalue weighted by Crippen LogP contribution is 2.30. The van der Waals surface area contributed by atoms with Gasteiger partial charge in [0.1, 0.15) is 5.54 Å². The van der Waals surface area contributed by atoms with Crippen LogP contribution in [0.3, 0.4) is 0 Å². The summed E-state index contributed by atoms with van der Waals surface area (Å²) in [7, 11) is 0. The molecule has 0 aromatic heterocycles. The second-order valence-corrected chi connectivity index (χ2v) is 5.64. The Kier molecular flexibility index (Phi) is 4.40. The number of anilines is 1. The molecule has 1 aromatic carbocycles. The number of halogens is 2. The minimum atomic E-state index is -1.18. The molecule has 7 heteroatoms. The number of amides is 2. The third-order valence-electron chi connectivity index (χ3n) is 3.40. The van der Waals surface area contributed by atoms with Crippen LogP contribution in [0.4, 0.5) is 10.5 Å². The van der Waals surface area contributed by atoms with Gasteiger partial charge >= 0.3 is 12.0 Å². The van der Waals surface area contributed by atoms with Crippen LogP contribution in [-0.4, -0.2) is 22.6 Å². The lowest BCUT2D eigenvalue weighted by molar-refractivity contribution is -0.144. The molecule has 0 unspecified atom stereocenters. The largest absolute Gasteiger partial charge is 0.480 e. The predicted octanol–water partition coefficient (Wildman–Crippen LogP) is 3.51. The molecule has 0 aliphatic heterocycles. The topological polar surface area (TPSA) is 78.4 Å². The van der Waals surface area contributed by atoms with Gasteiger partial charge in [0.15, 0.2) is 0 Å². The highest BCUT2D eigenvalue weighted by atomic mass is 35.5. The smallest absolute Gasteiger partial charge is 0.329 e. The number of hydrogen-bond acceptors (Lipinski definition) is 2. The number of rotatable bonds is 3. The number of carbonyl (C=O) groups is 2. The molecule has 0 radical (unpaired) electrons. The lowest BCUT2D eigenvalue weighted by atomic mass is 9.98. The minimum Gasteiger partial charge on any atom is -0.480 e. The summed E-state index contributed by atoms with van der Waals surface area (Å²) in [5, 5.41) is 15.1. The van der Waals surface area contributed by atoms with E-state index in [-0.39, 0.29) is 0 Å². The monoisotopic (exact) mass is 316 g/mol. The molecule has 1 saturated carbocycles. The second kappa shape index (κ2) is 5.89. The van der Waals surface area contributed by atoms with Crippen molar-refractivity contribution in [3.05, 3.63) is 28.2 Å². The first-order valence-electron chi connectivity index (χ1n) is 6.20. The van der Waals surface area contributed by atoms with Crippen molar-refractivity contribution in [2.75, 3.05) is 5.32 Å². The normalized spacial score (nSPS) is 16.7. The standard InChI is InChI=1S/C13H14Cl2N2O3/c14-8-3-4-10(9(15)7-8)16-12(20)17-13(11(18)19)5-1-2-6-13/h3-4,7H,1-2,5-6H2,(H,18,19)(H2,16,17,20). The van der Waals surface area contributed by atoms with Crippen LogP contribution in [0.2, 0.25) is 10.0 Å². The summed E-state index contributed by atoms with van der Waals surface area (Å²) in [6.07, 6.45) is 2.44. The first-order valence-corrected chi connectivity index (χ1v) is 6.96. The van der Waals surface area contributed by atoms with E-state index in [1.165, 1.54) is 6.07 Å². The number of aliphatic carboxylic acids is 1.